The van der Waals surface area contributed by atoms with Gasteiger partial charge in [-0.05, 0) is 70.7 Å². The number of nitrogens with one attached hydrogen (secondary N) is 2. The molecule has 3 aromatic rings. The monoisotopic (exact) mass is 366 g/mol. The van der Waals surface area contributed by atoms with Crippen molar-refractivity contribution >= 4 is 11.0 Å². The average Bonchev–Trinajstić information content (AvgIpc) is 3.30. The standard InChI is InChI=1S/C21H26N4O2/c1-11-10-21(26,6-7-22-11)16-8-15(18-12(2)25-27-13(18)3)9-17-19(16)24-20(23-17)14-4-5-14/h8-9,11,14,22,26H,4-7,10H2,1-3H3,(H,23,24). The van der Waals surface area contributed by atoms with Crippen LogP contribution in [0.1, 0.15) is 61.4 Å². The van der Waals surface area contributed by atoms with Crippen LogP contribution in [0.3, 0.4) is 0 Å². The zero-order chi connectivity index (χ0) is 18.8. The Morgan fingerprint density at radius 2 is 2.07 bits per heavy atom. The van der Waals surface area contributed by atoms with Crippen molar-refractivity contribution in [3.63, 3.8) is 0 Å². The third kappa shape index (κ3) is 2.78. The highest BCUT2D eigenvalue weighted by Gasteiger charge is 2.37. The van der Waals surface area contributed by atoms with Crippen LogP contribution in [-0.2, 0) is 5.60 Å². The largest absolute Gasteiger partial charge is 0.385 e. The van der Waals surface area contributed by atoms with Gasteiger partial charge in [-0.15, -0.1) is 0 Å². The number of piperidine rings is 1. The molecule has 1 saturated carbocycles. The minimum Gasteiger partial charge on any atom is -0.385 e. The van der Waals surface area contributed by atoms with E-state index in [-0.39, 0.29) is 6.04 Å². The molecule has 0 radical (unpaired) electrons. The summed E-state index contributed by atoms with van der Waals surface area (Å²) in [6, 6.07) is 4.49. The summed E-state index contributed by atoms with van der Waals surface area (Å²) in [6.45, 7) is 6.82. The Bertz CT molecular complexity index is 997. The van der Waals surface area contributed by atoms with Crippen molar-refractivity contribution in [2.75, 3.05) is 6.54 Å². The number of H-pyrrole nitrogens is 1. The first kappa shape index (κ1) is 17.0. The molecule has 1 saturated heterocycles. The van der Waals surface area contributed by atoms with Crippen LogP contribution in [0.25, 0.3) is 22.2 Å². The molecule has 1 aliphatic carbocycles. The number of aliphatic hydroxyl groups is 1. The van der Waals surface area contributed by atoms with Crippen molar-refractivity contribution in [1.29, 1.82) is 0 Å². The van der Waals surface area contributed by atoms with Crippen LogP contribution in [-0.4, -0.2) is 32.8 Å². The fraction of sp³-hybridized carbons (Fsp3) is 0.524. The molecule has 142 valence electrons. The van der Waals surface area contributed by atoms with E-state index in [0.717, 1.165) is 51.5 Å². The van der Waals surface area contributed by atoms with E-state index in [0.29, 0.717) is 18.8 Å². The summed E-state index contributed by atoms with van der Waals surface area (Å²) >= 11 is 0. The third-order valence-electron chi connectivity index (χ3n) is 6.07. The Kier molecular flexibility index (Phi) is 3.71. The van der Waals surface area contributed by atoms with Gasteiger partial charge in [0.15, 0.2) is 0 Å². The number of hydrogen-bond acceptors (Lipinski definition) is 5. The first-order valence-corrected chi connectivity index (χ1v) is 9.88. The van der Waals surface area contributed by atoms with Gasteiger partial charge in [0.05, 0.1) is 22.3 Å². The Hall–Kier alpha value is -2.18. The van der Waals surface area contributed by atoms with Gasteiger partial charge in [0.1, 0.15) is 11.6 Å². The summed E-state index contributed by atoms with van der Waals surface area (Å²) in [5.74, 6) is 2.38. The lowest BCUT2D eigenvalue weighted by molar-refractivity contribution is -0.00523. The number of aryl methyl sites for hydroxylation is 2. The molecule has 6 nitrogen and oxygen atoms in total. The van der Waals surface area contributed by atoms with E-state index in [1.165, 1.54) is 12.8 Å². The molecule has 3 heterocycles. The maximum atomic E-state index is 11.6. The lowest BCUT2D eigenvalue weighted by atomic mass is 9.80. The molecule has 1 aromatic carbocycles. The van der Waals surface area contributed by atoms with Gasteiger partial charge in [0, 0.05) is 23.1 Å². The van der Waals surface area contributed by atoms with E-state index in [1.807, 2.05) is 13.8 Å². The highest BCUT2D eigenvalue weighted by molar-refractivity contribution is 5.87. The number of aromatic nitrogens is 3. The second-order valence-electron chi connectivity index (χ2n) is 8.36. The van der Waals surface area contributed by atoms with Gasteiger partial charge in [-0.1, -0.05) is 5.16 Å². The van der Waals surface area contributed by atoms with Crippen LogP contribution in [0.5, 0.6) is 0 Å². The van der Waals surface area contributed by atoms with Gasteiger partial charge in [0.2, 0.25) is 0 Å². The van der Waals surface area contributed by atoms with Crippen LogP contribution in [0, 0.1) is 13.8 Å². The van der Waals surface area contributed by atoms with Gasteiger partial charge >= 0.3 is 0 Å². The van der Waals surface area contributed by atoms with Crippen molar-refractivity contribution in [2.24, 2.45) is 0 Å². The number of imidazole rings is 1. The van der Waals surface area contributed by atoms with Crippen LogP contribution in [0.4, 0.5) is 0 Å². The summed E-state index contributed by atoms with van der Waals surface area (Å²) in [4.78, 5) is 8.43. The number of hydrogen-bond donors (Lipinski definition) is 3. The molecule has 2 fully saturated rings. The van der Waals surface area contributed by atoms with Crippen molar-refractivity contribution in [3.8, 4) is 11.1 Å². The molecule has 0 amide bonds. The average molecular weight is 366 g/mol. The Morgan fingerprint density at radius 1 is 1.26 bits per heavy atom. The third-order valence-corrected chi connectivity index (χ3v) is 6.07. The molecule has 5 rings (SSSR count). The number of benzene rings is 1. The molecule has 0 spiro atoms. The van der Waals surface area contributed by atoms with Gasteiger partial charge in [0.25, 0.3) is 0 Å². The van der Waals surface area contributed by atoms with Gasteiger partial charge in [-0.3, -0.25) is 0 Å². The quantitative estimate of drug-likeness (QED) is 0.658. The highest BCUT2D eigenvalue weighted by Crippen LogP contribution is 2.43. The topological polar surface area (TPSA) is 87.0 Å². The highest BCUT2D eigenvalue weighted by atomic mass is 16.5. The Morgan fingerprint density at radius 3 is 2.74 bits per heavy atom. The maximum absolute atomic E-state index is 11.6. The summed E-state index contributed by atoms with van der Waals surface area (Å²) in [6.07, 6.45) is 3.75. The SMILES string of the molecule is Cc1noc(C)c1-c1cc(C2(O)CCNC(C)C2)c2nc(C3CC3)[nH]c2c1. The van der Waals surface area contributed by atoms with E-state index in [4.69, 9.17) is 9.51 Å². The number of rotatable bonds is 3. The van der Waals surface area contributed by atoms with Crippen molar-refractivity contribution in [3.05, 3.63) is 35.0 Å². The second kappa shape index (κ2) is 5.91. The van der Waals surface area contributed by atoms with Gasteiger partial charge in [-0.2, -0.15) is 0 Å². The van der Waals surface area contributed by atoms with Crippen LogP contribution < -0.4 is 5.32 Å². The molecule has 0 bridgehead atoms. The normalized spacial score (nSPS) is 26.0. The molecule has 2 aliphatic rings. The van der Waals surface area contributed by atoms with Crippen molar-refractivity contribution in [1.82, 2.24) is 20.4 Å². The summed E-state index contributed by atoms with van der Waals surface area (Å²) in [5.41, 5.74) is 4.84. The van der Waals surface area contributed by atoms with Crippen LogP contribution >= 0.6 is 0 Å². The molecular weight excluding hydrogens is 340 g/mol. The lowest BCUT2D eigenvalue weighted by Gasteiger charge is -2.37. The molecular formula is C21H26N4O2. The predicted octanol–water partition coefficient (Wildman–Crippen LogP) is 3.67. The molecule has 2 atom stereocenters. The minimum absolute atomic E-state index is 0.267. The minimum atomic E-state index is -0.881. The second-order valence-corrected chi connectivity index (χ2v) is 8.36. The van der Waals surface area contributed by atoms with Crippen molar-refractivity contribution in [2.45, 2.75) is 64.0 Å². The molecule has 2 aromatic heterocycles. The summed E-state index contributed by atoms with van der Waals surface area (Å²) < 4.78 is 5.39. The number of fused-ring (bicyclic) bond motifs is 1. The lowest BCUT2D eigenvalue weighted by Crippen LogP contribution is -2.45. The summed E-state index contributed by atoms with van der Waals surface area (Å²) in [7, 11) is 0. The Balaban J connectivity index is 1.74. The fourth-order valence-corrected chi connectivity index (χ4v) is 4.53. The van der Waals surface area contributed by atoms with Gasteiger partial charge < -0.3 is 19.9 Å². The van der Waals surface area contributed by atoms with E-state index >= 15 is 0 Å². The van der Waals surface area contributed by atoms with Crippen LogP contribution in [0.2, 0.25) is 0 Å². The van der Waals surface area contributed by atoms with Crippen molar-refractivity contribution < 1.29 is 9.63 Å². The molecule has 27 heavy (non-hydrogen) atoms. The van der Waals surface area contributed by atoms with E-state index < -0.39 is 5.60 Å². The number of aromatic amines is 1. The van der Waals surface area contributed by atoms with E-state index in [1.54, 1.807) is 0 Å². The smallest absolute Gasteiger partial charge is 0.141 e. The zero-order valence-corrected chi connectivity index (χ0v) is 16.1. The molecule has 6 heteroatoms. The predicted molar refractivity (Wildman–Crippen MR) is 104 cm³/mol. The first-order chi connectivity index (χ1) is 12.9. The van der Waals surface area contributed by atoms with E-state index in [9.17, 15) is 5.11 Å². The van der Waals surface area contributed by atoms with Gasteiger partial charge in [-0.25, -0.2) is 4.98 Å². The zero-order valence-electron chi connectivity index (χ0n) is 16.1. The van der Waals surface area contributed by atoms with E-state index in [2.05, 4.69) is 34.5 Å². The molecule has 2 unspecified atom stereocenters. The van der Waals surface area contributed by atoms with Crippen LogP contribution in [0.15, 0.2) is 16.7 Å². The summed E-state index contributed by atoms with van der Waals surface area (Å²) in [5, 5.41) is 19.2. The Labute approximate surface area is 158 Å². The number of nitrogens with zero attached hydrogens (tertiary/aromatic N) is 2. The maximum Gasteiger partial charge on any atom is 0.141 e. The molecule has 1 aliphatic heterocycles. The first-order valence-electron chi connectivity index (χ1n) is 9.88. The fourth-order valence-electron chi connectivity index (χ4n) is 4.53. The molecule has 3 N–H and O–H groups in total.